The van der Waals surface area contributed by atoms with Crippen LogP contribution in [0.4, 0.5) is 0 Å². The molecular weight excluding hydrogens is 250 g/mol. The Bertz CT molecular complexity index is 414. The molecule has 3 heteroatoms. The first-order chi connectivity index (χ1) is 9.49. The summed E-state index contributed by atoms with van der Waals surface area (Å²) in [5.41, 5.74) is 2.62. The van der Waals surface area contributed by atoms with E-state index < -0.39 is 5.97 Å². The molecule has 2 atom stereocenters. The zero-order valence-corrected chi connectivity index (χ0v) is 13.1. The van der Waals surface area contributed by atoms with Crippen molar-refractivity contribution >= 4 is 5.97 Å². The van der Waals surface area contributed by atoms with Gasteiger partial charge in [0.2, 0.25) is 0 Å². The molecule has 0 aliphatic rings. The Morgan fingerprint density at radius 1 is 1.20 bits per heavy atom. The predicted octanol–water partition coefficient (Wildman–Crippen LogP) is 3.89. The van der Waals surface area contributed by atoms with Crippen molar-refractivity contribution in [2.75, 3.05) is 6.54 Å². The van der Waals surface area contributed by atoms with Crippen molar-refractivity contribution in [3.05, 3.63) is 35.4 Å². The fourth-order valence-electron chi connectivity index (χ4n) is 2.78. The van der Waals surface area contributed by atoms with Crippen molar-refractivity contribution in [1.82, 2.24) is 4.90 Å². The lowest BCUT2D eigenvalue weighted by molar-refractivity contribution is -0.138. The molecule has 0 spiro atoms. The molecular formula is C17H27NO2. The summed E-state index contributed by atoms with van der Waals surface area (Å²) in [5, 5.41) is 8.95. The number of aryl methyl sites for hydroxylation is 1. The van der Waals surface area contributed by atoms with Crippen LogP contribution in [0.3, 0.4) is 0 Å². The summed E-state index contributed by atoms with van der Waals surface area (Å²) in [4.78, 5) is 13.1. The molecule has 0 heterocycles. The Balaban J connectivity index is 2.79. The fraction of sp³-hybridized carbons (Fsp3) is 0.588. The fourth-order valence-corrected chi connectivity index (χ4v) is 2.78. The first kappa shape index (κ1) is 16.7. The Labute approximate surface area is 122 Å². The van der Waals surface area contributed by atoms with Gasteiger partial charge in [-0.1, -0.05) is 44.5 Å². The molecule has 3 nitrogen and oxygen atoms in total. The smallest absolute Gasteiger partial charge is 0.304 e. The summed E-state index contributed by atoms with van der Waals surface area (Å²) >= 11 is 0. The van der Waals surface area contributed by atoms with Gasteiger partial charge in [-0.15, -0.1) is 0 Å². The van der Waals surface area contributed by atoms with E-state index in [0.29, 0.717) is 0 Å². The van der Waals surface area contributed by atoms with Crippen LogP contribution < -0.4 is 0 Å². The summed E-state index contributed by atoms with van der Waals surface area (Å²) in [7, 11) is 0. The molecule has 0 amide bonds. The maximum Gasteiger partial charge on any atom is 0.304 e. The molecule has 0 radical (unpaired) electrons. The lowest BCUT2D eigenvalue weighted by atomic mass is 10.0. The Morgan fingerprint density at radius 3 is 2.25 bits per heavy atom. The third-order valence-electron chi connectivity index (χ3n) is 3.90. The van der Waals surface area contributed by atoms with Gasteiger partial charge in [0.05, 0.1) is 6.42 Å². The molecule has 20 heavy (non-hydrogen) atoms. The minimum atomic E-state index is -0.735. The van der Waals surface area contributed by atoms with Gasteiger partial charge in [-0.2, -0.15) is 0 Å². The van der Waals surface area contributed by atoms with Crippen LogP contribution in [-0.4, -0.2) is 28.6 Å². The Morgan fingerprint density at radius 2 is 1.80 bits per heavy atom. The third kappa shape index (κ3) is 4.64. The van der Waals surface area contributed by atoms with Gasteiger partial charge in [0.25, 0.3) is 0 Å². The van der Waals surface area contributed by atoms with Gasteiger partial charge >= 0.3 is 5.97 Å². The molecule has 2 unspecified atom stereocenters. The highest BCUT2D eigenvalue weighted by atomic mass is 16.4. The first-order valence-electron chi connectivity index (χ1n) is 7.55. The van der Waals surface area contributed by atoms with Crippen LogP contribution in [0, 0.1) is 0 Å². The van der Waals surface area contributed by atoms with E-state index in [1.807, 2.05) is 6.92 Å². The van der Waals surface area contributed by atoms with E-state index in [2.05, 4.69) is 49.9 Å². The van der Waals surface area contributed by atoms with Crippen LogP contribution in [0.25, 0.3) is 0 Å². The number of benzene rings is 1. The second-order valence-corrected chi connectivity index (χ2v) is 5.44. The molecule has 1 aromatic carbocycles. The molecule has 0 saturated carbocycles. The summed E-state index contributed by atoms with van der Waals surface area (Å²) in [6.07, 6.45) is 2.46. The Hall–Kier alpha value is -1.35. The molecule has 1 N–H and O–H groups in total. The number of carbonyl (C=O) groups is 1. The number of carboxylic acid groups (broad SMARTS) is 1. The lowest BCUT2D eigenvalue weighted by Gasteiger charge is -2.33. The maximum atomic E-state index is 10.9. The lowest BCUT2D eigenvalue weighted by Crippen LogP contribution is -2.36. The van der Waals surface area contributed by atoms with E-state index in [1.165, 1.54) is 11.1 Å². The molecule has 0 aromatic heterocycles. The molecule has 1 rings (SSSR count). The van der Waals surface area contributed by atoms with Crippen molar-refractivity contribution in [2.24, 2.45) is 0 Å². The minimum Gasteiger partial charge on any atom is -0.481 e. The van der Waals surface area contributed by atoms with Gasteiger partial charge in [-0.05, 0) is 37.9 Å². The first-order valence-corrected chi connectivity index (χ1v) is 7.55. The molecule has 1 aromatic rings. The van der Waals surface area contributed by atoms with Crippen molar-refractivity contribution in [1.29, 1.82) is 0 Å². The summed E-state index contributed by atoms with van der Waals surface area (Å²) in [6, 6.07) is 9.00. The molecule has 0 fully saturated rings. The number of rotatable bonds is 8. The SMILES string of the molecule is CCCc1ccc(C(C)N(CC)C(C)CC(=O)O)cc1. The van der Waals surface area contributed by atoms with Gasteiger partial charge in [0.1, 0.15) is 0 Å². The average Bonchev–Trinajstić information content (AvgIpc) is 2.39. The molecule has 0 aliphatic heterocycles. The number of hydrogen-bond acceptors (Lipinski definition) is 2. The van der Waals surface area contributed by atoms with Crippen molar-refractivity contribution in [2.45, 2.75) is 59.0 Å². The molecule has 112 valence electrons. The van der Waals surface area contributed by atoms with E-state index in [1.54, 1.807) is 0 Å². The largest absolute Gasteiger partial charge is 0.481 e. The number of hydrogen-bond donors (Lipinski definition) is 1. The number of nitrogens with zero attached hydrogens (tertiary/aromatic N) is 1. The number of aliphatic carboxylic acids is 1. The van der Waals surface area contributed by atoms with Gasteiger partial charge in [-0.3, -0.25) is 9.69 Å². The monoisotopic (exact) mass is 277 g/mol. The van der Waals surface area contributed by atoms with E-state index in [-0.39, 0.29) is 18.5 Å². The number of carboxylic acids is 1. The second kappa shape index (κ2) is 8.05. The van der Waals surface area contributed by atoms with E-state index in [0.717, 1.165) is 19.4 Å². The molecule has 0 bridgehead atoms. The predicted molar refractivity (Wildman–Crippen MR) is 82.9 cm³/mol. The summed E-state index contributed by atoms with van der Waals surface area (Å²) < 4.78 is 0. The summed E-state index contributed by atoms with van der Waals surface area (Å²) in [6.45, 7) is 9.26. The van der Waals surface area contributed by atoms with Crippen molar-refractivity contribution < 1.29 is 9.90 Å². The highest BCUT2D eigenvalue weighted by Crippen LogP contribution is 2.24. The quantitative estimate of drug-likeness (QED) is 0.783. The minimum absolute atomic E-state index is 0.0443. The van der Waals surface area contributed by atoms with Crippen molar-refractivity contribution in [3.8, 4) is 0 Å². The zero-order valence-electron chi connectivity index (χ0n) is 13.1. The molecule has 0 saturated heterocycles. The van der Waals surface area contributed by atoms with Gasteiger partial charge in [0, 0.05) is 12.1 Å². The third-order valence-corrected chi connectivity index (χ3v) is 3.90. The van der Waals surface area contributed by atoms with Gasteiger partial charge < -0.3 is 5.11 Å². The highest BCUT2D eigenvalue weighted by molar-refractivity contribution is 5.67. The topological polar surface area (TPSA) is 40.5 Å². The van der Waals surface area contributed by atoms with Crippen LogP contribution in [0.2, 0.25) is 0 Å². The van der Waals surface area contributed by atoms with E-state index in [9.17, 15) is 4.79 Å². The van der Waals surface area contributed by atoms with Crippen LogP contribution in [-0.2, 0) is 11.2 Å². The van der Waals surface area contributed by atoms with Gasteiger partial charge in [0.15, 0.2) is 0 Å². The average molecular weight is 277 g/mol. The van der Waals surface area contributed by atoms with Crippen LogP contribution >= 0.6 is 0 Å². The standard InChI is InChI=1S/C17H27NO2/c1-5-7-15-8-10-16(11-9-15)14(4)18(6-2)13(3)12-17(19)20/h8-11,13-14H,5-7,12H2,1-4H3,(H,19,20). The van der Waals surface area contributed by atoms with E-state index >= 15 is 0 Å². The Kier molecular flexibility index (Phi) is 6.73. The van der Waals surface area contributed by atoms with E-state index in [4.69, 9.17) is 5.11 Å². The van der Waals surface area contributed by atoms with Crippen LogP contribution in [0.15, 0.2) is 24.3 Å². The zero-order chi connectivity index (χ0) is 15.1. The van der Waals surface area contributed by atoms with Crippen molar-refractivity contribution in [3.63, 3.8) is 0 Å². The maximum absolute atomic E-state index is 10.9. The molecule has 0 aliphatic carbocycles. The van der Waals surface area contributed by atoms with Crippen LogP contribution in [0.5, 0.6) is 0 Å². The van der Waals surface area contributed by atoms with Crippen LogP contribution in [0.1, 0.15) is 57.7 Å². The second-order valence-electron chi connectivity index (χ2n) is 5.44. The normalized spacial score (nSPS) is 14.2. The van der Waals surface area contributed by atoms with Gasteiger partial charge in [-0.25, -0.2) is 0 Å². The summed E-state index contributed by atoms with van der Waals surface area (Å²) in [5.74, 6) is -0.735. The highest BCUT2D eigenvalue weighted by Gasteiger charge is 2.21.